The minimum atomic E-state index is 0.653. The maximum absolute atomic E-state index is 3.98. The van der Waals surface area contributed by atoms with Crippen LogP contribution >= 0.6 is 0 Å². The van der Waals surface area contributed by atoms with Crippen LogP contribution in [0.4, 0.5) is 5.69 Å². The molecule has 1 saturated carbocycles. The number of anilines is 1. The van der Waals surface area contributed by atoms with Crippen LogP contribution in [0.1, 0.15) is 38.5 Å². The molecule has 2 aromatic rings. The Hall–Kier alpha value is -1.77. The molecule has 0 spiro atoms. The fraction of sp³-hybridized carbons (Fsp3) is 0.438. The number of aromatic nitrogens is 2. The van der Waals surface area contributed by atoms with E-state index in [0.717, 1.165) is 5.69 Å². The van der Waals surface area contributed by atoms with Crippen molar-refractivity contribution in [2.45, 2.75) is 44.6 Å². The van der Waals surface area contributed by atoms with Gasteiger partial charge in [0, 0.05) is 17.9 Å². The lowest BCUT2D eigenvalue weighted by molar-refractivity contribution is 0.620. The summed E-state index contributed by atoms with van der Waals surface area (Å²) in [4.78, 5) is 0. The van der Waals surface area contributed by atoms with E-state index in [2.05, 4.69) is 39.8 Å². The van der Waals surface area contributed by atoms with Gasteiger partial charge in [-0.3, -0.25) is 5.10 Å². The van der Waals surface area contributed by atoms with Crippen molar-refractivity contribution in [1.29, 1.82) is 0 Å². The fourth-order valence-corrected chi connectivity index (χ4v) is 2.82. The zero-order chi connectivity index (χ0) is 12.9. The van der Waals surface area contributed by atoms with Gasteiger partial charge in [-0.2, -0.15) is 5.10 Å². The lowest BCUT2D eigenvalue weighted by atomic mass is 10.1. The van der Waals surface area contributed by atoms with E-state index >= 15 is 0 Å². The monoisotopic (exact) mass is 255 g/mol. The molecule has 0 amide bonds. The molecule has 1 aliphatic carbocycles. The van der Waals surface area contributed by atoms with E-state index in [1.807, 2.05) is 6.07 Å². The third-order valence-electron chi connectivity index (χ3n) is 3.92. The molecule has 19 heavy (non-hydrogen) atoms. The SMILES string of the molecule is c1cc(-c2ccc(NC3CCCCCC3)cc2)[nH]n1. The van der Waals surface area contributed by atoms with Gasteiger partial charge in [0.05, 0.1) is 5.69 Å². The van der Waals surface area contributed by atoms with Gasteiger partial charge in [0.1, 0.15) is 0 Å². The summed E-state index contributed by atoms with van der Waals surface area (Å²) < 4.78 is 0. The van der Waals surface area contributed by atoms with Crippen LogP contribution in [0.25, 0.3) is 11.3 Å². The van der Waals surface area contributed by atoms with Crippen molar-refractivity contribution in [2.24, 2.45) is 0 Å². The Kier molecular flexibility index (Phi) is 3.82. The van der Waals surface area contributed by atoms with Crippen LogP contribution in [0.2, 0.25) is 0 Å². The molecule has 1 aliphatic rings. The maximum atomic E-state index is 3.98. The van der Waals surface area contributed by atoms with Crippen molar-refractivity contribution >= 4 is 5.69 Å². The lowest BCUT2D eigenvalue weighted by Crippen LogP contribution is -2.17. The Labute approximate surface area is 114 Å². The molecule has 0 atom stereocenters. The molecule has 3 nitrogen and oxygen atoms in total. The summed E-state index contributed by atoms with van der Waals surface area (Å²) in [5, 5.41) is 10.6. The third-order valence-corrected chi connectivity index (χ3v) is 3.92. The number of hydrogen-bond donors (Lipinski definition) is 2. The molecule has 3 rings (SSSR count). The highest BCUT2D eigenvalue weighted by atomic mass is 15.1. The second-order valence-electron chi connectivity index (χ2n) is 5.38. The van der Waals surface area contributed by atoms with Gasteiger partial charge in [-0.25, -0.2) is 0 Å². The smallest absolute Gasteiger partial charge is 0.0650 e. The zero-order valence-corrected chi connectivity index (χ0v) is 11.2. The molecule has 1 aromatic heterocycles. The molecule has 1 fully saturated rings. The highest BCUT2D eigenvalue weighted by molar-refractivity contribution is 5.62. The molecule has 0 saturated heterocycles. The topological polar surface area (TPSA) is 40.7 Å². The van der Waals surface area contributed by atoms with Crippen LogP contribution in [-0.4, -0.2) is 16.2 Å². The first-order valence-corrected chi connectivity index (χ1v) is 7.28. The van der Waals surface area contributed by atoms with E-state index in [4.69, 9.17) is 0 Å². The van der Waals surface area contributed by atoms with Crippen LogP contribution in [0.3, 0.4) is 0 Å². The van der Waals surface area contributed by atoms with E-state index in [0.29, 0.717) is 6.04 Å². The highest BCUT2D eigenvalue weighted by Crippen LogP contribution is 2.23. The van der Waals surface area contributed by atoms with E-state index < -0.39 is 0 Å². The first-order chi connectivity index (χ1) is 9.42. The van der Waals surface area contributed by atoms with Gasteiger partial charge >= 0.3 is 0 Å². The highest BCUT2D eigenvalue weighted by Gasteiger charge is 2.11. The minimum absolute atomic E-state index is 0.653. The van der Waals surface area contributed by atoms with Crippen molar-refractivity contribution in [2.75, 3.05) is 5.32 Å². The molecular formula is C16H21N3. The molecule has 1 aromatic carbocycles. The summed E-state index contributed by atoms with van der Waals surface area (Å²) >= 11 is 0. The van der Waals surface area contributed by atoms with Crippen LogP contribution < -0.4 is 5.32 Å². The average Bonchev–Trinajstić information content (AvgIpc) is 2.86. The first kappa shape index (κ1) is 12.3. The number of benzene rings is 1. The minimum Gasteiger partial charge on any atom is -0.382 e. The van der Waals surface area contributed by atoms with E-state index in [9.17, 15) is 0 Å². The van der Waals surface area contributed by atoms with E-state index in [1.54, 1.807) is 6.20 Å². The molecule has 0 unspecified atom stereocenters. The number of aromatic amines is 1. The summed E-state index contributed by atoms with van der Waals surface area (Å²) in [7, 11) is 0. The Morgan fingerprint density at radius 3 is 2.32 bits per heavy atom. The Bertz CT molecular complexity index is 479. The quantitative estimate of drug-likeness (QED) is 0.806. The summed E-state index contributed by atoms with van der Waals surface area (Å²) in [6.07, 6.45) is 9.93. The van der Waals surface area contributed by atoms with Crippen molar-refractivity contribution in [3.8, 4) is 11.3 Å². The second kappa shape index (κ2) is 5.91. The maximum Gasteiger partial charge on any atom is 0.0650 e. The summed E-state index contributed by atoms with van der Waals surface area (Å²) in [5.74, 6) is 0. The zero-order valence-electron chi connectivity index (χ0n) is 11.2. The molecule has 0 bridgehead atoms. The van der Waals surface area contributed by atoms with Crippen LogP contribution in [0.15, 0.2) is 36.5 Å². The molecule has 1 heterocycles. The largest absolute Gasteiger partial charge is 0.382 e. The van der Waals surface area contributed by atoms with Crippen LogP contribution in [0.5, 0.6) is 0 Å². The Balaban J connectivity index is 1.65. The molecule has 3 heteroatoms. The number of rotatable bonds is 3. The number of H-pyrrole nitrogens is 1. The van der Waals surface area contributed by atoms with Crippen molar-refractivity contribution < 1.29 is 0 Å². The fourth-order valence-electron chi connectivity index (χ4n) is 2.82. The predicted molar refractivity (Wildman–Crippen MR) is 79.1 cm³/mol. The van der Waals surface area contributed by atoms with Gasteiger partial charge in [0.2, 0.25) is 0 Å². The van der Waals surface area contributed by atoms with Gasteiger partial charge in [-0.15, -0.1) is 0 Å². The predicted octanol–water partition coefficient (Wildman–Crippen LogP) is 4.21. The van der Waals surface area contributed by atoms with Gasteiger partial charge in [0.25, 0.3) is 0 Å². The van der Waals surface area contributed by atoms with E-state index in [-0.39, 0.29) is 0 Å². The molecule has 0 aliphatic heterocycles. The number of hydrogen-bond acceptors (Lipinski definition) is 2. The van der Waals surface area contributed by atoms with Gasteiger partial charge < -0.3 is 5.32 Å². The first-order valence-electron chi connectivity index (χ1n) is 7.28. The summed E-state index contributed by atoms with van der Waals surface area (Å²) in [5.41, 5.74) is 3.49. The van der Waals surface area contributed by atoms with Crippen molar-refractivity contribution in [3.05, 3.63) is 36.5 Å². The lowest BCUT2D eigenvalue weighted by Gasteiger charge is -2.17. The normalized spacial score (nSPS) is 17.1. The molecule has 0 radical (unpaired) electrons. The number of nitrogens with zero attached hydrogens (tertiary/aromatic N) is 1. The molecule has 100 valence electrons. The number of nitrogens with one attached hydrogen (secondary N) is 2. The average molecular weight is 255 g/mol. The third kappa shape index (κ3) is 3.16. The Morgan fingerprint density at radius 2 is 1.68 bits per heavy atom. The molecular weight excluding hydrogens is 234 g/mol. The standard InChI is InChI=1S/C16H21N3/c1-2-4-6-14(5-3-1)18-15-9-7-13(8-10-15)16-11-12-17-19-16/h7-12,14,18H,1-6H2,(H,17,19). The summed E-state index contributed by atoms with van der Waals surface area (Å²) in [6, 6.07) is 11.3. The van der Waals surface area contributed by atoms with Crippen LogP contribution in [-0.2, 0) is 0 Å². The van der Waals surface area contributed by atoms with Crippen molar-refractivity contribution in [3.63, 3.8) is 0 Å². The summed E-state index contributed by atoms with van der Waals surface area (Å²) in [6.45, 7) is 0. The Morgan fingerprint density at radius 1 is 0.947 bits per heavy atom. The van der Waals surface area contributed by atoms with E-state index in [1.165, 1.54) is 49.8 Å². The van der Waals surface area contributed by atoms with Crippen LogP contribution in [0, 0.1) is 0 Å². The van der Waals surface area contributed by atoms with Gasteiger partial charge in [-0.05, 0) is 36.6 Å². The van der Waals surface area contributed by atoms with Gasteiger partial charge in [0.15, 0.2) is 0 Å². The second-order valence-corrected chi connectivity index (χ2v) is 5.38. The molecule has 2 N–H and O–H groups in total. The van der Waals surface area contributed by atoms with Crippen molar-refractivity contribution in [1.82, 2.24) is 10.2 Å². The van der Waals surface area contributed by atoms with Gasteiger partial charge in [-0.1, -0.05) is 37.8 Å².